The second kappa shape index (κ2) is 7.16. The van der Waals surface area contributed by atoms with Crippen LogP contribution in [0.5, 0.6) is 5.75 Å². The zero-order valence-corrected chi connectivity index (χ0v) is 12.4. The Morgan fingerprint density at radius 1 is 1.14 bits per heavy atom. The topological polar surface area (TPSA) is 46.5 Å². The molecule has 21 heavy (non-hydrogen) atoms. The van der Waals surface area contributed by atoms with Gasteiger partial charge in [0.25, 0.3) is 0 Å². The molecule has 0 aliphatic carbocycles. The fourth-order valence-electron chi connectivity index (χ4n) is 1.70. The van der Waals surface area contributed by atoms with E-state index in [1.54, 1.807) is 24.3 Å². The minimum absolute atomic E-state index is 0.314. The Morgan fingerprint density at radius 3 is 2.62 bits per heavy atom. The highest BCUT2D eigenvalue weighted by Crippen LogP contribution is 2.25. The van der Waals surface area contributed by atoms with Gasteiger partial charge in [-0.05, 0) is 29.8 Å². The highest BCUT2D eigenvalue weighted by molar-refractivity contribution is 6.42. The van der Waals surface area contributed by atoms with Crippen molar-refractivity contribution in [3.8, 4) is 5.75 Å². The first-order valence-electron chi connectivity index (χ1n) is 6.13. The van der Waals surface area contributed by atoms with Crippen molar-refractivity contribution in [1.82, 2.24) is 0 Å². The molecule has 2 aromatic rings. The molecule has 0 saturated heterocycles. The molecule has 3 nitrogen and oxygen atoms in total. The first-order valence-corrected chi connectivity index (χ1v) is 6.88. The fourth-order valence-corrected chi connectivity index (χ4v) is 2.02. The lowest BCUT2D eigenvalue weighted by molar-refractivity contribution is -0.131. The van der Waals surface area contributed by atoms with Crippen molar-refractivity contribution in [2.24, 2.45) is 0 Å². The molecular weight excluding hydrogens is 311 g/mol. The summed E-state index contributed by atoms with van der Waals surface area (Å²) in [5.41, 5.74) is 1.57. The number of ether oxygens (including phenoxy) is 1. The number of aliphatic carboxylic acids is 1. The molecule has 0 amide bonds. The van der Waals surface area contributed by atoms with E-state index >= 15 is 0 Å². The van der Waals surface area contributed by atoms with Gasteiger partial charge in [-0.3, -0.25) is 0 Å². The molecule has 1 N–H and O–H groups in total. The second-order valence-electron chi connectivity index (χ2n) is 4.25. The van der Waals surface area contributed by atoms with Gasteiger partial charge >= 0.3 is 5.97 Å². The van der Waals surface area contributed by atoms with Gasteiger partial charge in [-0.1, -0.05) is 47.5 Å². The number of carboxylic acid groups (broad SMARTS) is 1. The van der Waals surface area contributed by atoms with Crippen LogP contribution in [0.4, 0.5) is 0 Å². The molecule has 0 spiro atoms. The van der Waals surface area contributed by atoms with Crippen molar-refractivity contribution in [3.05, 3.63) is 69.7 Å². The SMILES string of the molecule is O=C(O)C=Cc1ccccc1OCc1ccc(Cl)c(Cl)c1. The molecule has 5 heteroatoms. The Kier molecular flexibility index (Phi) is 5.26. The lowest BCUT2D eigenvalue weighted by Crippen LogP contribution is -1.97. The summed E-state index contributed by atoms with van der Waals surface area (Å²) in [6.07, 6.45) is 2.56. The van der Waals surface area contributed by atoms with E-state index in [9.17, 15) is 4.79 Å². The maximum Gasteiger partial charge on any atom is 0.328 e. The molecule has 0 radical (unpaired) electrons. The number of benzene rings is 2. The Labute approximate surface area is 132 Å². The molecule has 0 bridgehead atoms. The molecule has 0 saturated carbocycles. The van der Waals surface area contributed by atoms with Crippen molar-refractivity contribution in [1.29, 1.82) is 0 Å². The molecular formula is C16H12Cl2O3. The molecule has 2 aromatic carbocycles. The van der Waals surface area contributed by atoms with Crippen molar-refractivity contribution in [2.75, 3.05) is 0 Å². The van der Waals surface area contributed by atoms with Crippen LogP contribution in [-0.4, -0.2) is 11.1 Å². The molecule has 0 aliphatic heterocycles. The third kappa shape index (κ3) is 4.52. The summed E-state index contributed by atoms with van der Waals surface area (Å²) in [5, 5.41) is 9.64. The van der Waals surface area contributed by atoms with Crippen molar-refractivity contribution in [2.45, 2.75) is 6.61 Å². The average molecular weight is 323 g/mol. The fraction of sp³-hybridized carbons (Fsp3) is 0.0625. The third-order valence-corrected chi connectivity index (χ3v) is 3.44. The minimum atomic E-state index is -1.01. The molecule has 0 aliphatic rings. The zero-order valence-electron chi connectivity index (χ0n) is 10.9. The Balaban J connectivity index is 2.12. The van der Waals surface area contributed by atoms with Gasteiger partial charge in [-0.2, -0.15) is 0 Å². The Morgan fingerprint density at radius 2 is 1.90 bits per heavy atom. The maximum atomic E-state index is 10.6. The molecule has 0 heterocycles. The summed E-state index contributed by atoms with van der Waals surface area (Å²) in [6, 6.07) is 12.5. The van der Waals surface area contributed by atoms with E-state index in [4.69, 9.17) is 33.0 Å². The predicted molar refractivity (Wildman–Crippen MR) is 83.9 cm³/mol. The van der Waals surface area contributed by atoms with Crippen LogP contribution in [0.3, 0.4) is 0 Å². The average Bonchev–Trinajstić information content (AvgIpc) is 2.47. The van der Waals surface area contributed by atoms with E-state index in [2.05, 4.69) is 0 Å². The van der Waals surface area contributed by atoms with Gasteiger partial charge in [0, 0.05) is 11.6 Å². The number of carboxylic acids is 1. The summed E-state index contributed by atoms with van der Waals surface area (Å²) < 4.78 is 5.70. The van der Waals surface area contributed by atoms with E-state index in [0.717, 1.165) is 11.6 Å². The number of carbonyl (C=O) groups is 1. The van der Waals surface area contributed by atoms with Crippen LogP contribution in [-0.2, 0) is 11.4 Å². The van der Waals surface area contributed by atoms with Crippen LogP contribution in [0.1, 0.15) is 11.1 Å². The monoisotopic (exact) mass is 322 g/mol. The number of hydrogen-bond acceptors (Lipinski definition) is 2. The van der Waals surface area contributed by atoms with Crippen LogP contribution in [0.15, 0.2) is 48.5 Å². The smallest absolute Gasteiger partial charge is 0.328 e. The van der Waals surface area contributed by atoms with E-state index < -0.39 is 5.97 Å². The lowest BCUT2D eigenvalue weighted by atomic mass is 10.2. The summed E-state index contributed by atoms with van der Waals surface area (Å²) in [6.45, 7) is 0.314. The highest BCUT2D eigenvalue weighted by atomic mass is 35.5. The molecule has 0 fully saturated rings. The van der Waals surface area contributed by atoms with Gasteiger partial charge in [0.05, 0.1) is 10.0 Å². The van der Waals surface area contributed by atoms with Gasteiger partial charge < -0.3 is 9.84 Å². The molecule has 2 rings (SSSR count). The van der Waals surface area contributed by atoms with Crippen molar-refractivity contribution in [3.63, 3.8) is 0 Å². The van der Waals surface area contributed by atoms with Gasteiger partial charge in [0.2, 0.25) is 0 Å². The third-order valence-electron chi connectivity index (χ3n) is 2.70. The van der Waals surface area contributed by atoms with E-state index in [1.807, 2.05) is 18.2 Å². The van der Waals surface area contributed by atoms with E-state index in [-0.39, 0.29) is 0 Å². The number of para-hydroxylation sites is 1. The number of halogens is 2. The summed E-state index contributed by atoms with van der Waals surface area (Å²) >= 11 is 11.8. The van der Waals surface area contributed by atoms with Gasteiger partial charge in [0.15, 0.2) is 0 Å². The predicted octanol–water partition coefficient (Wildman–Crippen LogP) is 4.67. The molecule has 0 atom stereocenters. The summed E-state index contributed by atoms with van der Waals surface area (Å²) in [5.74, 6) is -0.407. The number of hydrogen-bond donors (Lipinski definition) is 1. The van der Waals surface area contributed by atoms with Crippen LogP contribution < -0.4 is 4.74 Å². The van der Waals surface area contributed by atoms with Gasteiger partial charge in [0.1, 0.15) is 12.4 Å². The largest absolute Gasteiger partial charge is 0.488 e. The normalized spacial score (nSPS) is 10.8. The van der Waals surface area contributed by atoms with Gasteiger partial charge in [-0.25, -0.2) is 4.79 Å². The van der Waals surface area contributed by atoms with Gasteiger partial charge in [-0.15, -0.1) is 0 Å². The van der Waals surface area contributed by atoms with Crippen molar-refractivity contribution >= 4 is 35.2 Å². The summed E-state index contributed by atoms with van der Waals surface area (Å²) in [4.78, 5) is 10.6. The highest BCUT2D eigenvalue weighted by Gasteiger charge is 2.03. The number of rotatable bonds is 5. The van der Waals surface area contributed by atoms with Crippen LogP contribution in [0.2, 0.25) is 10.0 Å². The lowest BCUT2D eigenvalue weighted by Gasteiger charge is -2.09. The van der Waals surface area contributed by atoms with Crippen molar-refractivity contribution < 1.29 is 14.6 Å². The first-order chi connectivity index (χ1) is 10.1. The van der Waals surface area contributed by atoms with Crippen LogP contribution in [0.25, 0.3) is 6.08 Å². The van der Waals surface area contributed by atoms with Crippen LogP contribution in [0, 0.1) is 0 Å². The first kappa shape index (κ1) is 15.4. The standard InChI is InChI=1S/C16H12Cl2O3/c17-13-7-5-11(9-14(13)18)10-21-15-4-2-1-3-12(15)6-8-16(19)20/h1-9H,10H2,(H,19,20). The minimum Gasteiger partial charge on any atom is -0.488 e. The van der Waals surface area contributed by atoms with E-state index in [1.165, 1.54) is 6.08 Å². The zero-order chi connectivity index (χ0) is 15.2. The summed E-state index contributed by atoms with van der Waals surface area (Å²) in [7, 11) is 0. The Bertz CT molecular complexity index is 681. The molecule has 0 aromatic heterocycles. The molecule has 0 unspecified atom stereocenters. The maximum absolute atomic E-state index is 10.6. The molecule has 108 valence electrons. The quantitative estimate of drug-likeness (QED) is 0.813. The Hall–Kier alpha value is -1.97. The van der Waals surface area contributed by atoms with Crippen LogP contribution >= 0.6 is 23.2 Å². The van der Waals surface area contributed by atoms with E-state index in [0.29, 0.717) is 28.0 Å². The second-order valence-corrected chi connectivity index (χ2v) is 5.06.